The van der Waals surface area contributed by atoms with E-state index < -0.39 is 18.5 Å². The number of anilines is 1. The molecule has 1 aromatic heterocycles. The van der Waals surface area contributed by atoms with E-state index in [-0.39, 0.29) is 17.8 Å². The van der Waals surface area contributed by atoms with E-state index in [0.29, 0.717) is 11.4 Å². The van der Waals surface area contributed by atoms with Crippen molar-refractivity contribution >= 4 is 29.5 Å². The molecule has 0 saturated heterocycles. The monoisotopic (exact) mass is 434 g/mol. The average Bonchev–Trinajstić information content (AvgIpc) is 3.18. The first kappa shape index (κ1) is 22.1. The second-order valence-electron chi connectivity index (χ2n) is 6.82. The zero-order chi connectivity index (χ0) is 22.2. The number of thioether (sulfide) groups is 1. The number of carbonyl (C=O) groups is 2. The van der Waals surface area contributed by atoms with Crippen molar-refractivity contribution < 1.29 is 14.3 Å². The Bertz CT molecular complexity index is 1120. The second kappa shape index (κ2) is 10.5. The van der Waals surface area contributed by atoms with Crippen LogP contribution in [0, 0.1) is 25.2 Å². The van der Waals surface area contributed by atoms with Crippen molar-refractivity contribution in [3.8, 4) is 11.8 Å². The summed E-state index contributed by atoms with van der Waals surface area (Å²) in [5.41, 5.74) is 3.34. The van der Waals surface area contributed by atoms with Crippen LogP contribution in [0.5, 0.6) is 0 Å². The molecule has 8 heteroatoms. The lowest BCUT2D eigenvalue weighted by Crippen LogP contribution is -2.23. The summed E-state index contributed by atoms with van der Waals surface area (Å²) in [5.74, 6) is -0.199. The molecule has 0 aliphatic rings. The standard InChI is InChI=1S/C23H22N4O3S/c1-16-8-9-20(12-17(16)2)31-11-10-22(29)30-15-21(28)26-23-18(13-24)14-25-27(23)19-6-4-3-5-7-19/h3-9,12,14H,10-11,15H2,1-2H3,(H,26,28). The third-order valence-electron chi connectivity index (χ3n) is 4.57. The first-order valence-corrected chi connectivity index (χ1v) is 10.7. The fraction of sp³-hybridized carbons (Fsp3) is 0.217. The van der Waals surface area contributed by atoms with Crippen molar-refractivity contribution in [2.45, 2.75) is 25.2 Å². The number of para-hydroxylation sites is 1. The number of hydrogen-bond donors (Lipinski definition) is 1. The lowest BCUT2D eigenvalue weighted by Gasteiger charge is -2.10. The number of nitrogens with zero attached hydrogens (tertiary/aromatic N) is 3. The molecule has 7 nitrogen and oxygen atoms in total. The minimum atomic E-state index is -0.538. The SMILES string of the molecule is Cc1ccc(SCCC(=O)OCC(=O)Nc2c(C#N)cnn2-c2ccccc2)cc1C. The Hall–Kier alpha value is -3.57. The van der Waals surface area contributed by atoms with Crippen molar-refractivity contribution in [2.75, 3.05) is 17.7 Å². The summed E-state index contributed by atoms with van der Waals surface area (Å²) >= 11 is 1.57. The number of rotatable bonds is 8. The molecule has 0 unspecified atom stereocenters. The number of ether oxygens (including phenoxy) is 1. The molecule has 3 aromatic rings. The molecular weight excluding hydrogens is 412 g/mol. The third-order valence-corrected chi connectivity index (χ3v) is 5.56. The van der Waals surface area contributed by atoms with Crippen molar-refractivity contribution in [3.05, 3.63) is 71.4 Å². The maximum absolute atomic E-state index is 12.3. The first-order chi connectivity index (χ1) is 15.0. The summed E-state index contributed by atoms with van der Waals surface area (Å²) < 4.78 is 6.53. The van der Waals surface area contributed by atoms with Gasteiger partial charge in [-0.3, -0.25) is 9.59 Å². The number of nitrogens with one attached hydrogen (secondary N) is 1. The molecule has 0 fully saturated rings. The van der Waals surface area contributed by atoms with Gasteiger partial charge >= 0.3 is 5.97 Å². The molecule has 3 rings (SSSR count). The Morgan fingerprint density at radius 3 is 2.65 bits per heavy atom. The van der Waals surface area contributed by atoms with E-state index in [9.17, 15) is 14.9 Å². The zero-order valence-electron chi connectivity index (χ0n) is 17.3. The molecular formula is C23H22N4O3S. The van der Waals surface area contributed by atoms with Gasteiger partial charge in [-0.1, -0.05) is 24.3 Å². The number of amides is 1. The van der Waals surface area contributed by atoms with Crippen molar-refractivity contribution in [1.29, 1.82) is 5.26 Å². The number of hydrogen-bond acceptors (Lipinski definition) is 6. The maximum Gasteiger partial charge on any atom is 0.307 e. The first-order valence-electron chi connectivity index (χ1n) is 9.67. The van der Waals surface area contributed by atoms with Crippen LogP contribution in [0.1, 0.15) is 23.1 Å². The Labute approximate surface area is 185 Å². The summed E-state index contributed by atoms with van der Waals surface area (Å²) in [4.78, 5) is 25.4. The average molecular weight is 435 g/mol. The van der Waals surface area contributed by atoms with Crippen LogP contribution in [-0.2, 0) is 14.3 Å². The molecule has 1 N–H and O–H groups in total. The molecule has 1 heterocycles. The molecule has 0 radical (unpaired) electrons. The van der Waals surface area contributed by atoms with E-state index in [1.54, 1.807) is 23.9 Å². The van der Waals surface area contributed by atoms with Crippen LogP contribution in [0.2, 0.25) is 0 Å². The molecule has 0 aliphatic carbocycles. The van der Waals surface area contributed by atoms with Gasteiger partial charge in [0, 0.05) is 10.6 Å². The van der Waals surface area contributed by atoms with E-state index >= 15 is 0 Å². The molecule has 0 aliphatic heterocycles. The van der Waals surface area contributed by atoms with Gasteiger partial charge in [0.25, 0.3) is 5.91 Å². The molecule has 0 spiro atoms. The highest BCUT2D eigenvalue weighted by Crippen LogP contribution is 2.22. The maximum atomic E-state index is 12.3. The number of aromatic nitrogens is 2. The highest BCUT2D eigenvalue weighted by molar-refractivity contribution is 7.99. The number of esters is 1. The summed E-state index contributed by atoms with van der Waals surface area (Å²) in [6.45, 7) is 3.67. The van der Waals surface area contributed by atoms with Crippen LogP contribution in [0.3, 0.4) is 0 Å². The van der Waals surface area contributed by atoms with Crippen LogP contribution < -0.4 is 5.32 Å². The molecule has 158 valence electrons. The Kier molecular flexibility index (Phi) is 7.46. The van der Waals surface area contributed by atoms with Crippen molar-refractivity contribution in [2.24, 2.45) is 0 Å². The Morgan fingerprint density at radius 2 is 1.94 bits per heavy atom. The van der Waals surface area contributed by atoms with E-state index in [0.717, 1.165) is 4.90 Å². The summed E-state index contributed by atoms with van der Waals surface area (Å²) in [7, 11) is 0. The van der Waals surface area contributed by atoms with E-state index in [1.165, 1.54) is 22.0 Å². The minimum Gasteiger partial charge on any atom is -0.456 e. The highest BCUT2D eigenvalue weighted by atomic mass is 32.2. The Balaban J connectivity index is 1.50. The zero-order valence-corrected chi connectivity index (χ0v) is 18.1. The molecule has 2 aromatic carbocycles. The predicted octanol–water partition coefficient (Wildman–Crippen LogP) is 4.02. The van der Waals surface area contributed by atoms with Crippen LogP contribution in [0.25, 0.3) is 5.69 Å². The summed E-state index contributed by atoms with van der Waals surface area (Å²) in [6.07, 6.45) is 1.56. The summed E-state index contributed by atoms with van der Waals surface area (Å²) in [5, 5.41) is 16.1. The van der Waals surface area contributed by atoms with Crippen LogP contribution in [0.4, 0.5) is 5.82 Å². The number of carbonyl (C=O) groups excluding carboxylic acids is 2. The van der Waals surface area contributed by atoms with Crippen LogP contribution >= 0.6 is 11.8 Å². The lowest BCUT2D eigenvalue weighted by atomic mass is 10.1. The van der Waals surface area contributed by atoms with Gasteiger partial charge < -0.3 is 10.1 Å². The van der Waals surface area contributed by atoms with E-state index in [2.05, 4.69) is 29.5 Å². The lowest BCUT2D eigenvalue weighted by molar-refractivity contribution is -0.146. The second-order valence-corrected chi connectivity index (χ2v) is 7.99. The van der Waals surface area contributed by atoms with Gasteiger partial charge in [0.2, 0.25) is 0 Å². The van der Waals surface area contributed by atoms with Gasteiger partial charge in [0.15, 0.2) is 12.4 Å². The normalized spacial score (nSPS) is 10.4. The van der Waals surface area contributed by atoms with E-state index in [1.807, 2.05) is 37.3 Å². The fourth-order valence-corrected chi connectivity index (χ4v) is 3.69. The predicted molar refractivity (Wildman–Crippen MR) is 119 cm³/mol. The largest absolute Gasteiger partial charge is 0.456 e. The van der Waals surface area contributed by atoms with Gasteiger partial charge in [0.1, 0.15) is 11.6 Å². The number of nitriles is 1. The topological polar surface area (TPSA) is 97.0 Å². The minimum absolute atomic E-state index is 0.191. The highest BCUT2D eigenvalue weighted by Gasteiger charge is 2.16. The molecule has 0 saturated carbocycles. The van der Waals surface area contributed by atoms with Gasteiger partial charge in [-0.05, 0) is 49.2 Å². The van der Waals surface area contributed by atoms with Crippen LogP contribution in [-0.4, -0.2) is 34.0 Å². The number of benzene rings is 2. The molecule has 1 amide bonds. The third kappa shape index (κ3) is 5.96. The van der Waals surface area contributed by atoms with Gasteiger partial charge in [-0.2, -0.15) is 10.4 Å². The smallest absolute Gasteiger partial charge is 0.307 e. The molecule has 0 bridgehead atoms. The van der Waals surface area contributed by atoms with Crippen molar-refractivity contribution in [1.82, 2.24) is 9.78 Å². The van der Waals surface area contributed by atoms with E-state index in [4.69, 9.17) is 4.74 Å². The van der Waals surface area contributed by atoms with Gasteiger partial charge in [-0.25, -0.2) is 4.68 Å². The van der Waals surface area contributed by atoms with Gasteiger partial charge in [-0.15, -0.1) is 11.8 Å². The van der Waals surface area contributed by atoms with Crippen LogP contribution in [0.15, 0.2) is 59.6 Å². The molecule has 0 atom stereocenters. The fourth-order valence-electron chi connectivity index (χ4n) is 2.76. The molecule has 31 heavy (non-hydrogen) atoms. The summed E-state index contributed by atoms with van der Waals surface area (Å²) in [6, 6.07) is 17.3. The van der Waals surface area contributed by atoms with Crippen molar-refractivity contribution in [3.63, 3.8) is 0 Å². The Morgan fingerprint density at radius 1 is 1.16 bits per heavy atom. The van der Waals surface area contributed by atoms with Gasteiger partial charge in [0.05, 0.1) is 18.3 Å². The number of aryl methyl sites for hydroxylation is 2. The quantitative estimate of drug-likeness (QED) is 0.425.